The number of hydrogen-bond donors (Lipinski definition) is 2. The molecule has 5 heteroatoms. The summed E-state index contributed by atoms with van der Waals surface area (Å²) in [5.74, 6) is -0.575. The van der Waals surface area contributed by atoms with Gasteiger partial charge in [0.25, 0.3) is 0 Å². The Bertz CT molecular complexity index is 578. The minimum Gasteiger partial charge on any atom is -0.493 e. The Kier molecular flexibility index (Phi) is 4.34. The third kappa shape index (κ3) is 3.09. The lowest BCUT2D eigenvalue weighted by atomic mass is 9.99. The van der Waals surface area contributed by atoms with Crippen molar-refractivity contribution in [3.05, 3.63) is 28.6 Å². The second-order valence-electron chi connectivity index (χ2n) is 6.38. The fourth-order valence-corrected chi connectivity index (χ4v) is 3.11. The SMILES string of the molecule is Cc1c(F)c(C(=O)O)cc(C2CC2)c1OC[C@H]1CCCNC1. The smallest absolute Gasteiger partial charge is 0.338 e. The lowest BCUT2D eigenvalue weighted by Crippen LogP contribution is -2.33. The largest absolute Gasteiger partial charge is 0.493 e. The first-order valence-corrected chi connectivity index (χ1v) is 7.97. The first kappa shape index (κ1) is 15.3. The molecule has 1 aromatic rings. The summed E-state index contributed by atoms with van der Waals surface area (Å²) in [6.07, 6.45) is 4.28. The molecule has 0 amide bonds. The highest BCUT2D eigenvalue weighted by Crippen LogP contribution is 2.46. The van der Waals surface area contributed by atoms with E-state index in [1.165, 1.54) is 6.07 Å². The van der Waals surface area contributed by atoms with E-state index >= 15 is 0 Å². The Hall–Kier alpha value is -1.62. The van der Waals surface area contributed by atoms with Crippen LogP contribution in [0.4, 0.5) is 4.39 Å². The third-order valence-electron chi connectivity index (χ3n) is 4.58. The number of nitrogens with one attached hydrogen (secondary N) is 1. The quantitative estimate of drug-likeness (QED) is 0.877. The summed E-state index contributed by atoms with van der Waals surface area (Å²) in [6, 6.07) is 1.47. The van der Waals surface area contributed by atoms with Crippen LogP contribution in [0.5, 0.6) is 5.75 Å². The molecule has 2 N–H and O–H groups in total. The van der Waals surface area contributed by atoms with Gasteiger partial charge in [-0.05, 0) is 56.7 Å². The molecule has 0 aromatic heterocycles. The summed E-state index contributed by atoms with van der Waals surface area (Å²) < 4.78 is 20.2. The van der Waals surface area contributed by atoms with Crippen molar-refractivity contribution in [2.24, 2.45) is 5.92 Å². The molecule has 2 aliphatic rings. The van der Waals surface area contributed by atoms with Gasteiger partial charge in [0.05, 0.1) is 12.2 Å². The second-order valence-corrected chi connectivity index (χ2v) is 6.38. The van der Waals surface area contributed by atoms with E-state index in [0.29, 0.717) is 29.8 Å². The molecule has 1 aliphatic carbocycles. The number of piperidine rings is 1. The minimum atomic E-state index is -1.22. The monoisotopic (exact) mass is 307 g/mol. The highest BCUT2D eigenvalue weighted by atomic mass is 19.1. The summed E-state index contributed by atoms with van der Waals surface area (Å²) in [7, 11) is 0. The van der Waals surface area contributed by atoms with Gasteiger partial charge in [0, 0.05) is 18.0 Å². The van der Waals surface area contributed by atoms with Crippen LogP contribution in [-0.4, -0.2) is 30.8 Å². The third-order valence-corrected chi connectivity index (χ3v) is 4.58. The van der Waals surface area contributed by atoms with Gasteiger partial charge in [-0.3, -0.25) is 0 Å². The molecule has 1 aliphatic heterocycles. The number of carboxylic acid groups (broad SMARTS) is 1. The van der Waals surface area contributed by atoms with Gasteiger partial charge in [-0.15, -0.1) is 0 Å². The van der Waals surface area contributed by atoms with E-state index in [2.05, 4.69) is 5.32 Å². The van der Waals surface area contributed by atoms with Crippen LogP contribution in [0.15, 0.2) is 6.07 Å². The Labute approximate surface area is 129 Å². The molecular weight excluding hydrogens is 285 g/mol. The lowest BCUT2D eigenvalue weighted by Gasteiger charge is -2.24. The molecule has 0 bridgehead atoms. The minimum absolute atomic E-state index is 0.244. The van der Waals surface area contributed by atoms with Gasteiger partial charge >= 0.3 is 5.97 Å². The zero-order chi connectivity index (χ0) is 15.7. The maximum Gasteiger partial charge on any atom is 0.338 e. The van der Waals surface area contributed by atoms with Gasteiger partial charge in [-0.1, -0.05) is 0 Å². The topological polar surface area (TPSA) is 58.6 Å². The van der Waals surface area contributed by atoms with E-state index in [1.54, 1.807) is 6.92 Å². The molecule has 1 saturated carbocycles. The fraction of sp³-hybridized carbons (Fsp3) is 0.588. The van der Waals surface area contributed by atoms with Gasteiger partial charge in [-0.25, -0.2) is 9.18 Å². The maximum absolute atomic E-state index is 14.3. The summed E-state index contributed by atoms with van der Waals surface area (Å²) in [5.41, 5.74) is 0.941. The van der Waals surface area contributed by atoms with Crippen LogP contribution >= 0.6 is 0 Å². The maximum atomic E-state index is 14.3. The molecule has 22 heavy (non-hydrogen) atoms. The number of benzene rings is 1. The molecule has 0 unspecified atom stereocenters. The molecule has 3 rings (SSSR count). The van der Waals surface area contributed by atoms with Crippen LogP contribution in [0.25, 0.3) is 0 Å². The van der Waals surface area contributed by atoms with E-state index in [1.807, 2.05) is 0 Å². The van der Waals surface area contributed by atoms with Gasteiger partial charge in [0.1, 0.15) is 11.6 Å². The molecule has 4 nitrogen and oxygen atoms in total. The predicted octanol–water partition coefficient (Wildman–Crippen LogP) is 3.09. The zero-order valence-electron chi connectivity index (χ0n) is 12.8. The Morgan fingerprint density at radius 1 is 1.45 bits per heavy atom. The summed E-state index contributed by atoms with van der Waals surface area (Å²) >= 11 is 0. The van der Waals surface area contributed by atoms with Crippen molar-refractivity contribution in [1.82, 2.24) is 5.32 Å². The Morgan fingerprint density at radius 3 is 2.82 bits per heavy atom. The van der Waals surface area contributed by atoms with Crippen molar-refractivity contribution in [2.75, 3.05) is 19.7 Å². The molecule has 1 atom stereocenters. The van der Waals surface area contributed by atoms with Crippen LogP contribution in [0, 0.1) is 18.7 Å². The summed E-state index contributed by atoms with van der Waals surface area (Å²) in [5, 5.41) is 12.5. The molecule has 0 spiro atoms. The van der Waals surface area contributed by atoms with Crippen LogP contribution in [0.3, 0.4) is 0 Å². The Morgan fingerprint density at radius 2 is 2.23 bits per heavy atom. The second kappa shape index (κ2) is 6.24. The molecule has 1 saturated heterocycles. The van der Waals surface area contributed by atoms with E-state index in [-0.39, 0.29) is 5.56 Å². The zero-order valence-corrected chi connectivity index (χ0v) is 12.8. The van der Waals surface area contributed by atoms with Crippen molar-refractivity contribution in [1.29, 1.82) is 0 Å². The number of aromatic carboxylic acids is 1. The number of carboxylic acids is 1. The fourth-order valence-electron chi connectivity index (χ4n) is 3.11. The van der Waals surface area contributed by atoms with Crippen LogP contribution in [-0.2, 0) is 0 Å². The number of halogens is 1. The van der Waals surface area contributed by atoms with E-state index < -0.39 is 11.8 Å². The normalized spacial score (nSPS) is 21.6. The van der Waals surface area contributed by atoms with Crippen molar-refractivity contribution in [3.63, 3.8) is 0 Å². The van der Waals surface area contributed by atoms with Crippen molar-refractivity contribution in [3.8, 4) is 5.75 Å². The van der Waals surface area contributed by atoms with Crippen molar-refractivity contribution < 1.29 is 19.0 Å². The number of carbonyl (C=O) groups is 1. The van der Waals surface area contributed by atoms with Crippen molar-refractivity contribution >= 4 is 5.97 Å². The summed E-state index contributed by atoms with van der Waals surface area (Å²) in [6.45, 7) is 4.14. The highest BCUT2D eigenvalue weighted by Gasteiger charge is 2.31. The van der Waals surface area contributed by atoms with Gasteiger partial charge in [-0.2, -0.15) is 0 Å². The van der Waals surface area contributed by atoms with Crippen LogP contribution in [0.1, 0.15) is 53.1 Å². The molecular formula is C17H22FNO3. The van der Waals surface area contributed by atoms with Crippen molar-refractivity contribution in [2.45, 2.75) is 38.5 Å². The van der Waals surface area contributed by atoms with Gasteiger partial charge in [0.15, 0.2) is 0 Å². The molecule has 1 aromatic carbocycles. The molecule has 2 fully saturated rings. The lowest BCUT2D eigenvalue weighted by molar-refractivity contribution is 0.0691. The number of hydrogen-bond acceptors (Lipinski definition) is 3. The van der Waals surface area contributed by atoms with Crippen LogP contribution < -0.4 is 10.1 Å². The van der Waals surface area contributed by atoms with E-state index in [4.69, 9.17) is 9.84 Å². The average molecular weight is 307 g/mol. The summed E-state index contributed by atoms with van der Waals surface area (Å²) in [4.78, 5) is 11.2. The first-order chi connectivity index (χ1) is 10.6. The number of rotatable bonds is 5. The van der Waals surface area contributed by atoms with E-state index in [0.717, 1.165) is 44.3 Å². The van der Waals surface area contributed by atoms with Gasteiger partial charge in [0.2, 0.25) is 0 Å². The molecule has 1 heterocycles. The molecule has 0 radical (unpaired) electrons. The van der Waals surface area contributed by atoms with Crippen LogP contribution in [0.2, 0.25) is 0 Å². The Balaban J connectivity index is 1.85. The van der Waals surface area contributed by atoms with E-state index in [9.17, 15) is 9.18 Å². The predicted molar refractivity (Wildman–Crippen MR) is 81.2 cm³/mol. The highest BCUT2D eigenvalue weighted by molar-refractivity contribution is 5.89. The molecule has 120 valence electrons. The van der Waals surface area contributed by atoms with Gasteiger partial charge < -0.3 is 15.2 Å². The standard InChI is InChI=1S/C17H22FNO3/c1-10-15(18)14(17(20)21)7-13(12-4-5-12)16(10)22-9-11-3-2-6-19-8-11/h7,11-12,19H,2-6,8-9H2,1H3,(H,20,21)/t11-/m0/s1. The average Bonchev–Trinajstić information content (AvgIpc) is 3.34. The first-order valence-electron chi connectivity index (χ1n) is 7.97. The number of ether oxygens (including phenoxy) is 1.